The van der Waals surface area contributed by atoms with Crippen molar-refractivity contribution in [2.75, 3.05) is 19.6 Å². The third kappa shape index (κ3) is 3.48. The van der Waals surface area contributed by atoms with Gasteiger partial charge in [-0.2, -0.15) is 5.26 Å². The van der Waals surface area contributed by atoms with Crippen LogP contribution >= 0.6 is 0 Å². The minimum Gasteiger partial charge on any atom is -0.303 e. The van der Waals surface area contributed by atoms with Crippen molar-refractivity contribution < 1.29 is 0 Å². The van der Waals surface area contributed by atoms with Crippen molar-refractivity contribution in [2.24, 2.45) is 0 Å². The number of hydrogen-bond acceptors (Lipinski definition) is 3. The predicted molar refractivity (Wildman–Crippen MR) is 62.6 cm³/mol. The molecule has 0 unspecified atom stereocenters. The molecule has 0 aromatic carbocycles. The lowest BCUT2D eigenvalue weighted by Gasteiger charge is -2.41. The monoisotopic (exact) mass is 209 g/mol. The van der Waals surface area contributed by atoms with Crippen molar-refractivity contribution in [1.29, 1.82) is 5.26 Å². The van der Waals surface area contributed by atoms with Crippen molar-refractivity contribution in [3.63, 3.8) is 0 Å². The fourth-order valence-corrected chi connectivity index (χ4v) is 2.23. The SMILES string of the molecule is CCN1CCC(C#N)(NC(C)(C)C)CC1. The van der Waals surface area contributed by atoms with Gasteiger partial charge in [0.2, 0.25) is 0 Å². The Morgan fingerprint density at radius 1 is 1.33 bits per heavy atom. The smallest absolute Gasteiger partial charge is 0.109 e. The Bertz CT molecular complexity index is 239. The molecular formula is C12H23N3. The number of rotatable bonds is 2. The van der Waals surface area contributed by atoms with Gasteiger partial charge in [-0.05, 0) is 40.2 Å². The molecule has 1 rings (SSSR count). The van der Waals surface area contributed by atoms with Crippen LogP contribution < -0.4 is 5.32 Å². The predicted octanol–water partition coefficient (Wildman–Crippen LogP) is 1.75. The molecule has 0 spiro atoms. The summed E-state index contributed by atoms with van der Waals surface area (Å²) in [5, 5.41) is 12.8. The molecule has 0 aromatic rings. The highest BCUT2D eigenvalue weighted by Gasteiger charge is 2.36. The Kier molecular flexibility index (Phi) is 3.75. The summed E-state index contributed by atoms with van der Waals surface area (Å²) >= 11 is 0. The van der Waals surface area contributed by atoms with Gasteiger partial charge in [0.05, 0.1) is 6.07 Å². The van der Waals surface area contributed by atoms with E-state index in [1.807, 2.05) is 0 Å². The molecule has 0 aliphatic carbocycles. The normalized spacial score (nSPS) is 22.3. The number of hydrogen-bond donors (Lipinski definition) is 1. The van der Waals surface area contributed by atoms with Crippen LogP contribution in [0.3, 0.4) is 0 Å². The second kappa shape index (κ2) is 4.51. The fourth-order valence-electron chi connectivity index (χ4n) is 2.23. The van der Waals surface area contributed by atoms with E-state index >= 15 is 0 Å². The lowest BCUT2D eigenvalue weighted by Crippen LogP contribution is -2.58. The van der Waals surface area contributed by atoms with Crippen LogP contribution in [0.5, 0.6) is 0 Å². The van der Waals surface area contributed by atoms with E-state index in [0.717, 1.165) is 32.5 Å². The van der Waals surface area contributed by atoms with Crippen molar-refractivity contribution in [3.05, 3.63) is 0 Å². The quantitative estimate of drug-likeness (QED) is 0.753. The van der Waals surface area contributed by atoms with E-state index in [2.05, 4.69) is 44.0 Å². The zero-order valence-electron chi connectivity index (χ0n) is 10.4. The van der Waals surface area contributed by atoms with E-state index < -0.39 is 0 Å². The van der Waals surface area contributed by atoms with Crippen LogP contribution in [-0.4, -0.2) is 35.6 Å². The van der Waals surface area contributed by atoms with Gasteiger partial charge in [0.1, 0.15) is 5.54 Å². The molecule has 0 amide bonds. The average molecular weight is 209 g/mol. The van der Waals surface area contributed by atoms with Gasteiger partial charge in [0, 0.05) is 18.6 Å². The lowest BCUT2D eigenvalue weighted by molar-refractivity contribution is 0.151. The first kappa shape index (κ1) is 12.5. The van der Waals surface area contributed by atoms with Crippen LogP contribution in [0, 0.1) is 11.3 Å². The molecule has 3 heteroatoms. The molecule has 0 aromatic heterocycles. The molecular weight excluding hydrogens is 186 g/mol. The summed E-state index contributed by atoms with van der Waals surface area (Å²) in [6.07, 6.45) is 1.88. The van der Waals surface area contributed by atoms with Crippen LogP contribution in [0.15, 0.2) is 0 Å². The first-order valence-electron chi connectivity index (χ1n) is 5.84. The molecule has 1 aliphatic heterocycles. The summed E-state index contributed by atoms with van der Waals surface area (Å²) in [6, 6.07) is 2.48. The summed E-state index contributed by atoms with van der Waals surface area (Å²) in [5.74, 6) is 0. The minimum absolute atomic E-state index is 0.0180. The second-order valence-electron chi connectivity index (χ2n) is 5.50. The minimum atomic E-state index is -0.302. The molecule has 0 atom stereocenters. The second-order valence-corrected chi connectivity index (χ2v) is 5.50. The van der Waals surface area contributed by atoms with Crippen LogP contribution in [0.25, 0.3) is 0 Å². The third-order valence-electron chi connectivity index (χ3n) is 2.99. The molecule has 0 bridgehead atoms. The van der Waals surface area contributed by atoms with E-state index in [1.54, 1.807) is 0 Å². The molecule has 3 nitrogen and oxygen atoms in total. The summed E-state index contributed by atoms with van der Waals surface area (Å²) in [5.41, 5.74) is -0.284. The molecule has 1 heterocycles. The standard InChI is InChI=1S/C12H23N3/c1-5-15-8-6-12(10-13,7-9-15)14-11(2,3)4/h14H,5-9H2,1-4H3. The maximum absolute atomic E-state index is 9.33. The number of nitrogens with zero attached hydrogens (tertiary/aromatic N) is 2. The van der Waals surface area contributed by atoms with E-state index in [0.29, 0.717) is 0 Å². The van der Waals surface area contributed by atoms with Gasteiger partial charge in [0.15, 0.2) is 0 Å². The van der Waals surface area contributed by atoms with E-state index in [9.17, 15) is 5.26 Å². The Morgan fingerprint density at radius 2 is 1.87 bits per heavy atom. The largest absolute Gasteiger partial charge is 0.303 e. The van der Waals surface area contributed by atoms with Gasteiger partial charge in [-0.3, -0.25) is 5.32 Å². The highest BCUT2D eigenvalue weighted by atomic mass is 15.2. The molecule has 86 valence electrons. The molecule has 1 fully saturated rings. The molecule has 0 saturated carbocycles. The number of likely N-dealkylation sites (tertiary alicyclic amines) is 1. The van der Waals surface area contributed by atoms with Crippen LogP contribution in [-0.2, 0) is 0 Å². The van der Waals surface area contributed by atoms with E-state index in [4.69, 9.17) is 0 Å². The Hall–Kier alpha value is -0.590. The van der Waals surface area contributed by atoms with Crippen LogP contribution in [0.1, 0.15) is 40.5 Å². The zero-order chi connectivity index (χ0) is 11.5. The van der Waals surface area contributed by atoms with E-state index in [-0.39, 0.29) is 11.1 Å². The Morgan fingerprint density at radius 3 is 2.20 bits per heavy atom. The number of piperidine rings is 1. The van der Waals surface area contributed by atoms with Gasteiger partial charge >= 0.3 is 0 Å². The highest BCUT2D eigenvalue weighted by Crippen LogP contribution is 2.24. The maximum atomic E-state index is 9.33. The summed E-state index contributed by atoms with van der Waals surface area (Å²) in [4.78, 5) is 2.40. The topological polar surface area (TPSA) is 39.1 Å². The lowest BCUT2D eigenvalue weighted by atomic mass is 9.86. The molecule has 15 heavy (non-hydrogen) atoms. The van der Waals surface area contributed by atoms with Crippen molar-refractivity contribution in [3.8, 4) is 6.07 Å². The van der Waals surface area contributed by atoms with Gasteiger partial charge < -0.3 is 4.90 Å². The maximum Gasteiger partial charge on any atom is 0.109 e. The molecule has 0 radical (unpaired) electrons. The number of nitrogens with one attached hydrogen (secondary N) is 1. The zero-order valence-corrected chi connectivity index (χ0v) is 10.4. The first-order chi connectivity index (χ1) is 6.91. The third-order valence-corrected chi connectivity index (χ3v) is 2.99. The van der Waals surface area contributed by atoms with Crippen molar-refractivity contribution in [1.82, 2.24) is 10.2 Å². The van der Waals surface area contributed by atoms with E-state index in [1.165, 1.54) is 0 Å². The summed E-state index contributed by atoms with van der Waals surface area (Å²) < 4.78 is 0. The van der Waals surface area contributed by atoms with Crippen LogP contribution in [0.2, 0.25) is 0 Å². The van der Waals surface area contributed by atoms with Crippen LogP contribution in [0.4, 0.5) is 0 Å². The number of nitriles is 1. The molecule has 1 saturated heterocycles. The molecule has 1 aliphatic rings. The van der Waals surface area contributed by atoms with Gasteiger partial charge in [-0.1, -0.05) is 6.92 Å². The fraction of sp³-hybridized carbons (Fsp3) is 0.917. The summed E-state index contributed by atoms with van der Waals surface area (Å²) in [6.45, 7) is 11.7. The highest BCUT2D eigenvalue weighted by molar-refractivity contribution is 5.11. The van der Waals surface area contributed by atoms with Gasteiger partial charge in [-0.25, -0.2) is 0 Å². The van der Waals surface area contributed by atoms with Crippen molar-refractivity contribution >= 4 is 0 Å². The van der Waals surface area contributed by atoms with Crippen molar-refractivity contribution in [2.45, 2.75) is 51.6 Å². The first-order valence-corrected chi connectivity index (χ1v) is 5.84. The summed E-state index contributed by atoms with van der Waals surface area (Å²) in [7, 11) is 0. The average Bonchev–Trinajstić information content (AvgIpc) is 2.16. The molecule has 1 N–H and O–H groups in total. The Balaban J connectivity index is 2.62. The van der Waals surface area contributed by atoms with Gasteiger partial charge in [0.25, 0.3) is 0 Å². The Labute approximate surface area is 93.5 Å². The van der Waals surface area contributed by atoms with Gasteiger partial charge in [-0.15, -0.1) is 0 Å².